The number of hydrogen-bond acceptors (Lipinski definition) is 1. The zero-order chi connectivity index (χ0) is 26.8. The van der Waals surface area contributed by atoms with Crippen molar-refractivity contribution in [1.29, 1.82) is 0 Å². The lowest BCUT2D eigenvalue weighted by Gasteiger charge is -2.23. The molecule has 7 aromatic carbocycles. The molecule has 1 aliphatic rings. The summed E-state index contributed by atoms with van der Waals surface area (Å²) in [4.78, 5) is 2.67. The topological polar surface area (TPSA) is 0 Å². The first-order chi connectivity index (χ1) is 19.7. The van der Waals surface area contributed by atoms with E-state index in [0.717, 1.165) is 0 Å². The Hall–Kier alpha value is -4.33. The van der Waals surface area contributed by atoms with E-state index in [1.54, 1.807) is 0 Å². The summed E-state index contributed by atoms with van der Waals surface area (Å²) in [5.74, 6) is 0.517. The fourth-order valence-corrected chi connectivity index (χ4v) is 7.70. The maximum absolute atomic E-state index is 2.36. The first kappa shape index (κ1) is 23.5. The van der Waals surface area contributed by atoms with Crippen molar-refractivity contribution >= 4 is 44.1 Å². The highest BCUT2D eigenvalue weighted by atomic mass is 32.2. The molecule has 0 N–H and O–H groups in total. The van der Waals surface area contributed by atoms with Crippen molar-refractivity contribution in [3.63, 3.8) is 0 Å². The molecule has 7 aromatic rings. The Balaban J connectivity index is 1.47. The lowest BCUT2D eigenvalue weighted by atomic mass is 9.83. The molecule has 1 heteroatoms. The van der Waals surface area contributed by atoms with Crippen LogP contribution in [-0.4, -0.2) is 0 Å². The summed E-state index contributed by atoms with van der Waals surface area (Å²) >= 11 is 1.89. The maximum Gasteiger partial charge on any atom is 0.0207 e. The SMILES string of the molecule is CC(C)c1ccc(-c2c3ccccc3c(-c3ccc4c5c(cccc35)Sc3ccccc3-4)c3ccccc23)cc1. The Bertz CT molecular complexity index is 2040. The van der Waals surface area contributed by atoms with Crippen molar-refractivity contribution in [3.05, 3.63) is 133 Å². The van der Waals surface area contributed by atoms with Crippen LogP contribution >= 0.6 is 11.8 Å². The zero-order valence-corrected chi connectivity index (χ0v) is 23.4. The number of benzene rings is 7. The van der Waals surface area contributed by atoms with Gasteiger partial charge in [-0.1, -0.05) is 141 Å². The average Bonchev–Trinajstić information content (AvgIpc) is 3.00. The summed E-state index contributed by atoms with van der Waals surface area (Å²) in [5, 5.41) is 7.89. The molecule has 0 amide bonds. The molecule has 0 aliphatic carbocycles. The van der Waals surface area contributed by atoms with Gasteiger partial charge in [0.2, 0.25) is 0 Å². The molecule has 0 aromatic heterocycles. The molecule has 0 unspecified atom stereocenters. The van der Waals surface area contributed by atoms with E-state index in [-0.39, 0.29) is 0 Å². The van der Waals surface area contributed by atoms with Crippen molar-refractivity contribution < 1.29 is 0 Å². The highest BCUT2D eigenvalue weighted by molar-refractivity contribution is 7.99. The van der Waals surface area contributed by atoms with E-state index >= 15 is 0 Å². The van der Waals surface area contributed by atoms with E-state index in [0.29, 0.717) is 5.92 Å². The van der Waals surface area contributed by atoms with E-state index in [4.69, 9.17) is 0 Å². The fraction of sp³-hybridized carbons (Fsp3) is 0.0769. The Morgan fingerprint density at radius 1 is 0.425 bits per heavy atom. The van der Waals surface area contributed by atoms with Gasteiger partial charge in [0.05, 0.1) is 0 Å². The summed E-state index contributed by atoms with van der Waals surface area (Å²) in [5.41, 5.74) is 9.25. The largest absolute Gasteiger partial charge is 0.0888 e. The third-order valence-corrected chi connectivity index (χ3v) is 9.60. The van der Waals surface area contributed by atoms with Gasteiger partial charge in [-0.2, -0.15) is 0 Å². The summed E-state index contributed by atoms with van der Waals surface area (Å²) in [6, 6.07) is 47.4. The van der Waals surface area contributed by atoms with E-state index < -0.39 is 0 Å². The average molecular weight is 529 g/mol. The predicted molar refractivity (Wildman–Crippen MR) is 173 cm³/mol. The predicted octanol–water partition coefficient (Wildman–Crippen LogP) is 11.7. The van der Waals surface area contributed by atoms with Crippen LogP contribution in [0.3, 0.4) is 0 Å². The molecule has 40 heavy (non-hydrogen) atoms. The molecular weight excluding hydrogens is 500 g/mol. The van der Waals surface area contributed by atoms with Gasteiger partial charge in [0, 0.05) is 15.2 Å². The van der Waals surface area contributed by atoms with E-state index in [9.17, 15) is 0 Å². The van der Waals surface area contributed by atoms with Gasteiger partial charge in [-0.15, -0.1) is 0 Å². The molecule has 0 spiro atoms. The smallest absolute Gasteiger partial charge is 0.0207 e. The molecule has 190 valence electrons. The van der Waals surface area contributed by atoms with Gasteiger partial charge in [-0.05, 0) is 83.9 Å². The van der Waals surface area contributed by atoms with Gasteiger partial charge in [0.15, 0.2) is 0 Å². The molecule has 0 radical (unpaired) electrons. The number of hydrogen-bond donors (Lipinski definition) is 0. The minimum atomic E-state index is 0.517. The zero-order valence-electron chi connectivity index (χ0n) is 22.6. The molecule has 8 rings (SSSR count). The van der Waals surface area contributed by atoms with Gasteiger partial charge in [-0.25, -0.2) is 0 Å². The van der Waals surface area contributed by atoms with Crippen LogP contribution in [0.15, 0.2) is 137 Å². The van der Waals surface area contributed by atoms with E-state index in [2.05, 4.69) is 141 Å². The van der Waals surface area contributed by atoms with Crippen molar-refractivity contribution in [2.24, 2.45) is 0 Å². The molecule has 0 fully saturated rings. The summed E-state index contributed by atoms with van der Waals surface area (Å²) < 4.78 is 0. The molecule has 1 heterocycles. The Morgan fingerprint density at radius 2 is 0.975 bits per heavy atom. The molecule has 0 saturated carbocycles. The standard InChI is InChI=1S/C39H28S/c1-24(2)25-18-20-26(21-19-25)37-28-11-3-5-13-30(28)38(31-14-6-4-12-29(31)37)34-23-22-33-27-10-7-8-16-35(27)40-36-17-9-15-32(34)39(33)36/h3-24H,1-2H3. The van der Waals surface area contributed by atoms with E-state index in [1.165, 1.54) is 81.1 Å². The van der Waals surface area contributed by atoms with Crippen LogP contribution in [0.2, 0.25) is 0 Å². The van der Waals surface area contributed by atoms with Gasteiger partial charge in [0.1, 0.15) is 0 Å². The highest BCUT2D eigenvalue weighted by Gasteiger charge is 2.23. The van der Waals surface area contributed by atoms with Crippen LogP contribution in [0.4, 0.5) is 0 Å². The third-order valence-electron chi connectivity index (χ3n) is 8.47. The fourth-order valence-electron chi connectivity index (χ4n) is 6.56. The van der Waals surface area contributed by atoms with Crippen LogP contribution in [0.1, 0.15) is 25.3 Å². The van der Waals surface area contributed by atoms with Crippen molar-refractivity contribution in [3.8, 4) is 33.4 Å². The highest BCUT2D eigenvalue weighted by Crippen LogP contribution is 2.51. The summed E-state index contributed by atoms with van der Waals surface area (Å²) in [6.07, 6.45) is 0. The van der Waals surface area contributed by atoms with E-state index in [1.807, 2.05) is 11.8 Å². The van der Waals surface area contributed by atoms with Crippen LogP contribution in [0, 0.1) is 0 Å². The molecule has 0 atom stereocenters. The first-order valence-electron chi connectivity index (χ1n) is 14.1. The van der Waals surface area contributed by atoms with Gasteiger partial charge >= 0.3 is 0 Å². The Labute approximate surface area is 239 Å². The van der Waals surface area contributed by atoms with Crippen molar-refractivity contribution in [2.75, 3.05) is 0 Å². The monoisotopic (exact) mass is 528 g/mol. The van der Waals surface area contributed by atoms with Crippen molar-refractivity contribution in [1.82, 2.24) is 0 Å². The molecule has 0 bridgehead atoms. The molecule has 0 nitrogen and oxygen atoms in total. The maximum atomic E-state index is 2.36. The lowest BCUT2D eigenvalue weighted by molar-refractivity contribution is 0.867. The number of rotatable bonds is 3. The van der Waals surface area contributed by atoms with Crippen LogP contribution in [0.5, 0.6) is 0 Å². The first-order valence-corrected chi connectivity index (χ1v) is 14.9. The quantitative estimate of drug-likeness (QED) is 0.205. The van der Waals surface area contributed by atoms with Gasteiger partial charge in [0.25, 0.3) is 0 Å². The lowest BCUT2D eigenvalue weighted by Crippen LogP contribution is -1.96. The molecule has 0 saturated heterocycles. The second-order valence-corrected chi connectivity index (χ2v) is 12.1. The normalized spacial score (nSPS) is 12.4. The minimum absolute atomic E-state index is 0.517. The molecular formula is C39H28S. The summed E-state index contributed by atoms with van der Waals surface area (Å²) in [6.45, 7) is 4.51. The second-order valence-electron chi connectivity index (χ2n) is 11.1. The Morgan fingerprint density at radius 3 is 1.65 bits per heavy atom. The van der Waals surface area contributed by atoms with Gasteiger partial charge < -0.3 is 0 Å². The minimum Gasteiger partial charge on any atom is -0.0888 e. The summed E-state index contributed by atoms with van der Waals surface area (Å²) in [7, 11) is 0. The Kier molecular flexibility index (Phi) is 5.37. The van der Waals surface area contributed by atoms with Crippen molar-refractivity contribution in [2.45, 2.75) is 29.6 Å². The van der Waals surface area contributed by atoms with Gasteiger partial charge in [-0.3, -0.25) is 0 Å². The van der Waals surface area contributed by atoms with Crippen LogP contribution in [0.25, 0.3) is 65.7 Å². The second kappa shape index (κ2) is 9.11. The number of fused-ring (bicyclic) bond motifs is 4. The third kappa shape index (κ3) is 3.48. The molecule has 1 aliphatic heterocycles. The van der Waals surface area contributed by atoms with Crippen LogP contribution in [-0.2, 0) is 0 Å². The van der Waals surface area contributed by atoms with Crippen LogP contribution < -0.4 is 0 Å².